The third-order valence-electron chi connectivity index (χ3n) is 2.92. The zero-order chi connectivity index (χ0) is 12.8. The van der Waals surface area contributed by atoms with Crippen molar-refractivity contribution in [1.29, 1.82) is 0 Å². The van der Waals surface area contributed by atoms with Crippen LogP contribution in [0.5, 0.6) is 0 Å². The van der Waals surface area contributed by atoms with Crippen molar-refractivity contribution in [2.45, 2.75) is 13.8 Å². The molecule has 0 radical (unpaired) electrons. The lowest BCUT2D eigenvalue weighted by atomic mass is 10.1. The lowest BCUT2D eigenvalue weighted by molar-refractivity contribution is -0.122. The molecule has 1 atom stereocenters. The summed E-state index contributed by atoms with van der Waals surface area (Å²) in [7, 11) is 0. The molecule has 1 heterocycles. The molecule has 1 aliphatic rings. The first-order chi connectivity index (χ1) is 8.04. The minimum atomic E-state index is -0.280. The number of carbonyl (C=O) groups excluding carboxylic acids is 2. The number of primary amides is 1. The third-order valence-corrected chi connectivity index (χ3v) is 2.92. The molecule has 1 fully saturated rings. The van der Waals surface area contributed by atoms with Crippen LogP contribution in [0.15, 0.2) is 0 Å². The predicted octanol–water partition coefficient (Wildman–Crippen LogP) is -0.118. The van der Waals surface area contributed by atoms with Crippen LogP contribution in [0.4, 0.5) is 4.79 Å². The number of nitrogens with two attached hydrogens (primary N) is 1. The molecule has 0 saturated carbocycles. The van der Waals surface area contributed by atoms with E-state index in [1.54, 1.807) is 11.8 Å². The van der Waals surface area contributed by atoms with Gasteiger partial charge in [-0.25, -0.2) is 4.79 Å². The SMILES string of the molecule is CCOC(=O)N1CCN(CC(C)C(N)=O)CC1. The van der Waals surface area contributed by atoms with Crippen molar-refractivity contribution in [2.24, 2.45) is 11.7 Å². The molecule has 0 bridgehead atoms. The van der Waals surface area contributed by atoms with Crippen molar-refractivity contribution in [2.75, 3.05) is 39.3 Å². The highest BCUT2D eigenvalue weighted by Crippen LogP contribution is 2.06. The van der Waals surface area contributed by atoms with E-state index in [4.69, 9.17) is 10.5 Å². The van der Waals surface area contributed by atoms with Crippen LogP contribution in [-0.2, 0) is 9.53 Å². The van der Waals surface area contributed by atoms with E-state index in [2.05, 4.69) is 4.90 Å². The molecule has 1 unspecified atom stereocenters. The maximum absolute atomic E-state index is 11.4. The van der Waals surface area contributed by atoms with Gasteiger partial charge in [0.05, 0.1) is 6.61 Å². The smallest absolute Gasteiger partial charge is 0.409 e. The Morgan fingerprint density at radius 1 is 1.29 bits per heavy atom. The Morgan fingerprint density at radius 2 is 1.88 bits per heavy atom. The first kappa shape index (κ1) is 13.8. The topological polar surface area (TPSA) is 75.9 Å². The normalized spacial score (nSPS) is 18.8. The molecule has 0 aromatic rings. The van der Waals surface area contributed by atoms with Gasteiger partial charge in [0, 0.05) is 38.6 Å². The number of hydrogen-bond acceptors (Lipinski definition) is 4. The van der Waals surface area contributed by atoms with Gasteiger partial charge in [-0.3, -0.25) is 9.69 Å². The third kappa shape index (κ3) is 4.22. The van der Waals surface area contributed by atoms with Gasteiger partial charge in [0.1, 0.15) is 0 Å². The zero-order valence-corrected chi connectivity index (χ0v) is 10.5. The molecule has 1 saturated heterocycles. The van der Waals surface area contributed by atoms with Gasteiger partial charge in [0.15, 0.2) is 0 Å². The van der Waals surface area contributed by atoms with Crippen molar-refractivity contribution in [3.8, 4) is 0 Å². The first-order valence-corrected chi connectivity index (χ1v) is 5.98. The first-order valence-electron chi connectivity index (χ1n) is 5.98. The lowest BCUT2D eigenvalue weighted by Gasteiger charge is -2.34. The number of nitrogens with zero attached hydrogens (tertiary/aromatic N) is 2. The molecule has 17 heavy (non-hydrogen) atoms. The van der Waals surface area contributed by atoms with Crippen LogP contribution in [0.3, 0.4) is 0 Å². The average Bonchev–Trinajstić information content (AvgIpc) is 2.30. The molecule has 0 spiro atoms. The van der Waals surface area contributed by atoms with Gasteiger partial charge in [-0.15, -0.1) is 0 Å². The largest absolute Gasteiger partial charge is 0.450 e. The quantitative estimate of drug-likeness (QED) is 0.747. The van der Waals surface area contributed by atoms with E-state index < -0.39 is 0 Å². The van der Waals surface area contributed by atoms with Crippen molar-refractivity contribution < 1.29 is 14.3 Å². The van der Waals surface area contributed by atoms with E-state index >= 15 is 0 Å². The summed E-state index contributed by atoms with van der Waals surface area (Å²) in [6, 6.07) is 0. The molecule has 2 N–H and O–H groups in total. The van der Waals surface area contributed by atoms with Gasteiger partial charge in [-0.2, -0.15) is 0 Å². The van der Waals surface area contributed by atoms with Crippen LogP contribution < -0.4 is 5.73 Å². The zero-order valence-electron chi connectivity index (χ0n) is 10.5. The van der Waals surface area contributed by atoms with Gasteiger partial charge in [0.25, 0.3) is 0 Å². The van der Waals surface area contributed by atoms with Gasteiger partial charge in [0.2, 0.25) is 5.91 Å². The molecule has 0 aromatic carbocycles. The lowest BCUT2D eigenvalue weighted by Crippen LogP contribution is -2.50. The number of rotatable bonds is 4. The second kappa shape index (κ2) is 6.44. The molecule has 6 nitrogen and oxygen atoms in total. The summed E-state index contributed by atoms with van der Waals surface area (Å²) in [6.45, 7) is 7.48. The second-order valence-corrected chi connectivity index (χ2v) is 4.29. The van der Waals surface area contributed by atoms with Crippen LogP contribution in [0.2, 0.25) is 0 Å². The van der Waals surface area contributed by atoms with Crippen LogP contribution in [0.25, 0.3) is 0 Å². The second-order valence-electron chi connectivity index (χ2n) is 4.29. The van der Waals surface area contributed by atoms with Crippen LogP contribution in [-0.4, -0.2) is 61.1 Å². The van der Waals surface area contributed by atoms with Crippen molar-refractivity contribution in [3.05, 3.63) is 0 Å². The monoisotopic (exact) mass is 243 g/mol. The molecule has 0 aliphatic carbocycles. The summed E-state index contributed by atoms with van der Waals surface area (Å²) < 4.78 is 4.93. The van der Waals surface area contributed by atoms with Crippen LogP contribution in [0.1, 0.15) is 13.8 Å². The molecule has 2 amide bonds. The molecule has 1 rings (SSSR count). The van der Waals surface area contributed by atoms with E-state index in [0.29, 0.717) is 26.2 Å². The van der Waals surface area contributed by atoms with Gasteiger partial charge >= 0.3 is 6.09 Å². The summed E-state index contributed by atoms with van der Waals surface area (Å²) in [4.78, 5) is 26.2. The molecule has 6 heteroatoms. The Kier molecular flexibility index (Phi) is 5.21. The summed E-state index contributed by atoms with van der Waals surface area (Å²) >= 11 is 0. The average molecular weight is 243 g/mol. The standard InChI is InChI=1S/C11H21N3O3/c1-3-17-11(16)14-6-4-13(5-7-14)8-9(2)10(12)15/h9H,3-8H2,1-2H3,(H2,12,15). The van der Waals surface area contributed by atoms with E-state index in [-0.39, 0.29) is 17.9 Å². The maximum atomic E-state index is 11.4. The highest BCUT2D eigenvalue weighted by atomic mass is 16.6. The van der Waals surface area contributed by atoms with Gasteiger partial charge < -0.3 is 15.4 Å². The van der Waals surface area contributed by atoms with Crippen molar-refractivity contribution in [3.63, 3.8) is 0 Å². The highest BCUT2D eigenvalue weighted by Gasteiger charge is 2.23. The highest BCUT2D eigenvalue weighted by molar-refractivity contribution is 5.76. The number of piperazine rings is 1. The predicted molar refractivity (Wildman–Crippen MR) is 63.4 cm³/mol. The molecular formula is C11H21N3O3. The van der Waals surface area contributed by atoms with Gasteiger partial charge in [-0.05, 0) is 6.92 Å². The van der Waals surface area contributed by atoms with Crippen molar-refractivity contribution >= 4 is 12.0 Å². The number of hydrogen-bond donors (Lipinski definition) is 1. The fourth-order valence-corrected chi connectivity index (χ4v) is 1.81. The summed E-state index contributed by atoms with van der Waals surface area (Å²) in [5, 5.41) is 0. The maximum Gasteiger partial charge on any atom is 0.409 e. The molecule has 1 aliphatic heterocycles. The Balaban J connectivity index is 2.30. The summed E-state index contributed by atoms with van der Waals surface area (Å²) in [5.74, 6) is -0.429. The summed E-state index contributed by atoms with van der Waals surface area (Å²) in [6.07, 6.45) is -0.255. The number of amides is 2. The summed E-state index contributed by atoms with van der Waals surface area (Å²) in [5.41, 5.74) is 5.22. The van der Waals surface area contributed by atoms with Crippen molar-refractivity contribution in [1.82, 2.24) is 9.80 Å². The number of carbonyl (C=O) groups is 2. The fourth-order valence-electron chi connectivity index (χ4n) is 1.81. The Labute approximate surface area is 102 Å². The number of ether oxygens (including phenoxy) is 1. The van der Waals surface area contributed by atoms with Crippen LogP contribution in [0, 0.1) is 5.92 Å². The Morgan fingerprint density at radius 3 is 2.35 bits per heavy atom. The molecule has 98 valence electrons. The van der Waals surface area contributed by atoms with E-state index in [0.717, 1.165) is 13.1 Å². The minimum absolute atomic E-state index is 0.149. The van der Waals surface area contributed by atoms with E-state index in [9.17, 15) is 9.59 Å². The Hall–Kier alpha value is -1.30. The Bertz CT molecular complexity index is 275. The molecule has 0 aromatic heterocycles. The van der Waals surface area contributed by atoms with E-state index in [1.165, 1.54) is 0 Å². The fraction of sp³-hybridized carbons (Fsp3) is 0.818. The molecular weight excluding hydrogens is 222 g/mol. The minimum Gasteiger partial charge on any atom is -0.450 e. The van der Waals surface area contributed by atoms with Gasteiger partial charge in [-0.1, -0.05) is 6.92 Å². The van der Waals surface area contributed by atoms with Crippen LogP contribution >= 0.6 is 0 Å². The van der Waals surface area contributed by atoms with E-state index in [1.807, 2.05) is 6.92 Å².